The lowest BCUT2D eigenvalue weighted by atomic mass is 10.1. The van der Waals surface area contributed by atoms with Crippen LogP contribution >= 0.6 is 23.4 Å². The second-order valence-corrected chi connectivity index (χ2v) is 7.23. The first-order valence-electron chi connectivity index (χ1n) is 7.39. The first-order valence-corrected chi connectivity index (χ1v) is 8.65. The molecule has 3 rings (SSSR count). The summed E-state index contributed by atoms with van der Waals surface area (Å²) in [7, 11) is 0. The van der Waals surface area contributed by atoms with Crippen molar-refractivity contribution in [2.45, 2.75) is 35.4 Å². The number of hydrogen-bond donors (Lipinski definition) is 3. The lowest BCUT2D eigenvalue weighted by Gasteiger charge is -2.26. The Morgan fingerprint density at radius 1 is 1.45 bits per heavy atom. The highest BCUT2D eigenvalue weighted by Gasteiger charge is 2.29. The van der Waals surface area contributed by atoms with Gasteiger partial charge in [0.1, 0.15) is 0 Å². The van der Waals surface area contributed by atoms with Crippen LogP contribution in [-0.2, 0) is 9.59 Å². The zero-order chi connectivity index (χ0) is 15.5. The van der Waals surface area contributed by atoms with E-state index in [-0.39, 0.29) is 24.3 Å². The largest absolute Gasteiger partial charge is 0.352 e. The number of halogens is 1. The summed E-state index contributed by atoms with van der Waals surface area (Å²) in [4.78, 5) is 25.2. The van der Waals surface area contributed by atoms with Crippen LogP contribution in [0.15, 0.2) is 23.1 Å². The summed E-state index contributed by atoms with van der Waals surface area (Å²) in [5, 5.41) is 9.27. The van der Waals surface area contributed by atoms with Crippen molar-refractivity contribution in [1.29, 1.82) is 0 Å². The van der Waals surface area contributed by atoms with Crippen LogP contribution in [0.4, 0.5) is 5.69 Å². The Morgan fingerprint density at radius 3 is 3.09 bits per heavy atom. The number of carbonyl (C=O) groups excluding carboxylic acids is 2. The number of nitrogens with one attached hydrogen (secondary N) is 3. The van der Waals surface area contributed by atoms with Gasteiger partial charge >= 0.3 is 0 Å². The van der Waals surface area contributed by atoms with E-state index in [9.17, 15) is 9.59 Å². The van der Waals surface area contributed by atoms with Gasteiger partial charge in [-0.3, -0.25) is 9.59 Å². The zero-order valence-corrected chi connectivity index (χ0v) is 13.6. The molecule has 2 aliphatic rings. The first-order chi connectivity index (χ1) is 10.6. The molecule has 0 aromatic heterocycles. The molecule has 3 N–H and O–H groups in total. The van der Waals surface area contributed by atoms with Crippen molar-refractivity contribution in [3.05, 3.63) is 23.2 Å². The van der Waals surface area contributed by atoms with Crippen LogP contribution in [0.1, 0.15) is 19.3 Å². The van der Waals surface area contributed by atoms with E-state index in [0.29, 0.717) is 5.02 Å². The second kappa shape index (κ2) is 6.89. The van der Waals surface area contributed by atoms with Crippen molar-refractivity contribution in [3.8, 4) is 0 Å². The Labute approximate surface area is 138 Å². The molecule has 2 heterocycles. The molecule has 2 amide bonds. The number of amides is 2. The van der Waals surface area contributed by atoms with E-state index in [1.54, 1.807) is 12.1 Å². The molecule has 0 saturated carbocycles. The molecule has 0 radical (unpaired) electrons. The molecular formula is C15H18ClN3O2S. The number of fused-ring (bicyclic) bond motifs is 1. The number of hydrogen-bond acceptors (Lipinski definition) is 4. The fourth-order valence-corrected chi connectivity index (χ4v) is 3.95. The van der Waals surface area contributed by atoms with Crippen LogP contribution in [0.25, 0.3) is 0 Å². The van der Waals surface area contributed by atoms with Gasteiger partial charge in [-0.1, -0.05) is 11.6 Å². The van der Waals surface area contributed by atoms with E-state index < -0.39 is 5.25 Å². The van der Waals surface area contributed by atoms with Gasteiger partial charge in [-0.2, -0.15) is 0 Å². The van der Waals surface area contributed by atoms with Crippen LogP contribution in [0.3, 0.4) is 0 Å². The van der Waals surface area contributed by atoms with Crippen LogP contribution in [-0.4, -0.2) is 36.2 Å². The van der Waals surface area contributed by atoms with Gasteiger partial charge in [-0.15, -0.1) is 11.8 Å². The van der Waals surface area contributed by atoms with Gasteiger partial charge in [0.2, 0.25) is 11.8 Å². The van der Waals surface area contributed by atoms with Gasteiger partial charge in [-0.05, 0) is 37.6 Å². The van der Waals surface area contributed by atoms with Crippen LogP contribution < -0.4 is 16.0 Å². The average molecular weight is 340 g/mol. The first kappa shape index (κ1) is 15.6. The van der Waals surface area contributed by atoms with Crippen molar-refractivity contribution in [2.75, 3.05) is 18.4 Å². The standard InChI is InChI=1S/C15H18ClN3O2S/c16-9-3-4-12-11(6-9)19-15(21)13(22-12)7-14(20)18-10-2-1-5-17-8-10/h3-4,6,10,13,17H,1-2,5,7-8H2,(H,18,20)(H,19,21). The van der Waals surface area contributed by atoms with Gasteiger partial charge < -0.3 is 16.0 Å². The Hall–Kier alpha value is -1.24. The summed E-state index contributed by atoms with van der Waals surface area (Å²) in [5.41, 5.74) is 0.718. The molecule has 5 nitrogen and oxygen atoms in total. The molecule has 7 heteroatoms. The Balaban J connectivity index is 1.59. The van der Waals surface area contributed by atoms with Crippen molar-refractivity contribution in [2.24, 2.45) is 0 Å². The van der Waals surface area contributed by atoms with E-state index >= 15 is 0 Å². The number of carbonyl (C=O) groups is 2. The number of anilines is 1. The van der Waals surface area contributed by atoms with E-state index in [1.165, 1.54) is 11.8 Å². The number of piperidine rings is 1. The minimum Gasteiger partial charge on any atom is -0.352 e. The fraction of sp³-hybridized carbons (Fsp3) is 0.467. The maximum Gasteiger partial charge on any atom is 0.238 e. The maximum atomic E-state index is 12.1. The summed E-state index contributed by atoms with van der Waals surface area (Å²) in [6, 6.07) is 5.56. The topological polar surface area (TPSA) is 70.2 Å². The van der Waals surface area contributed by atoms with Crippen molar-refractivity contribution in [1.82, 2.24) is 10.6 Å². The molecule has 2 unspecified atom stereocenters. The second-order valence-electron chi connectivity index (χ2n) is 5.55. The van der Waals surface area contributed by atoms with Gasteiger partial charge in [0.25, 0.3) is 0 Å². The number of rotatable bonds is 3. The smallest absolute Gasteiger partial charge is 0.238 e. The molecule has 118 valence electrons. The lowest BCUT2D eigenvalue weighted by molar-refractivity contribution is -0.124. The molecule has 2 aliphatic heterocycles. The molecule has 0 spiro atoms. The van der Waals surface area contributed by atoms with Gasteiger partial charge in [0, 0.05) is 28.9 Å². The molecule has 0 bridgehead atoms. The third-order valence-electron chi connectivity index (χ3n) is 3.79. The summed E-state index contributed by atoms with van der Waals surface area (Å²) in [5.74, 6) is -0.213. The van der Waals surface area contributed by atoms with Gasteiger partial charge in [0.05, 0.1) is 10.9 Å². The Bertz CT molecular complexity index is 590. The van der Waals surface area contributed by atoms with Crippen molar-refractivity contribution < 1.29 is 9.59 Å². The summed E-state index contributed by atoms with van der Waals surface area (Å²) >= 11 is 7.34. The molecule has 22 heavy (non-hydrogen) atoms. The predicted molar refractivity (Wildman–Crippen MR) is 88.4 cm³/mol. The monoisotopic (exact) mass is 339 g/mol. The van der Waals surface area contributed by atoms with Crippen LogP contribution in [0.5, 0.6) is 0 Å². The normalized spacial score (nSPS) is 24.3. The van der Waals surface area contributed by atoms with Crippen LogP contribution in [0.2, 0.25) is 5.02 Å². The maximum absolute atomic E-state index is 12.1. The minimum absolute atomic E-state index is 0.0706. The highest BCUT2D eigenvalue weighted by atomic mass is 35.5. The van der Waals surface area contributed by atoms with Gasteiger partial charge in [0.15, 0.2) is 0 Å². The van der Waals surface area contributed by atoms with E-state index in [1.807, 2.05) is 6.07 Å². The highest BCUT2D eigenvalue weighted by molar-refractivity contribution is 8.01. The highest BCUT2D eigenvalue weighted by Crippen LogP contribution is 2.38. The number of thioether (sulfide) groups is 1. The molecule has 1 saturated heterocycles. The van der Waals surface area contributed by atoms with E-state index in [2.05, 4.69) is 16.0 Å². The molecule has 0 aliphatic carbocycles. The number of benzene rings is 1. The Morgan fingerprint density at radius 2 is 2.32 bits per heavy atom. The molecular weight excluding hydrogens is 322 g/mol. The van der Waals surface area contributed by atoms with Crippen LogP contribution in [0, 0.1) is 0 Å². The molecule has 1 aromatic carbocycles. The minimum atomic E-state index is -0.398. The summed E-state index contributed by atoms with van der Waals surface area (Å²) < 4.78 is 0. The lowest BCUT2D eigenvalue weighted by Crippen LogP contribution is -2.46. The zero-order valence-electron chi connectivity index (χ0n) is 12.0. The molecule has 1 fully saturated rings. The fourth-order valence-electron chi connectivity index (χ4n) is 2.69. The quantitative estimate of drug-likeness (QED) is 0.788. The molecule has 1 aromatic rings. The van der Waals surface area contributed by atoms with E-state index in [0.717, 1.165) is 36.5 Å². The Kier molecular flexibility index (Phi) is 4.90. The van der Waals surface area contributed by atoms with Gasteiger partial charge in [-0.25, -0.2) is 0 Å². The van der Waals surface area contributed by atoms with E-state index in [4.69, 9.17) is 11.6 Å². The van der Waals surface area contributed by atoms with Crippen molar-refractivity contribution >= 4 is 40.9 Å². The third kappa shape index (κ3) is 3.74. The average Bonchev–Trinajstić information content (AvgIpc) is 2.49. The summed E-state index contributed by atoms with van der Waals surface area (Å²) in [6.45, 7) is 1.81. The summed E-state index contributed by atoms with van der Waals surface area (Å²) in [6.07, 6.45) is 2.25. The molecule has 2 atom stereocenters. The van der Waals surface area contributed by atoms with Crippen molar-refractivity contribution in [3.63, 3.8) is 0 Å². The SMILES string of the molecule is O=C(CC1Sc2ccc(Cl)cc2NC1=O)NC1CCCNC1. The predicted octanol–water partition coefficient (Wildman–Crippen LogP) is 2.01. The third-order valence-corrected chi connectivity index (χ3v) is 5.30.